The van der Waals surface area contributed by atoms with Crippen molar-refractivity contribution in [3.05, 3.63) is 83.9 Å². The Hall–Kier alpha value is -2.23. The van der Waals surface area contributed by atoms with Gasteiger partial charge in [0.05, 0.1) is 12.1 Å². The van der Waals surface area contributed by atoms with Crippen LogP contribution in [0.5, 0.6) is 0 Å². The Morgan fingerprint density at radius 1 is 0.962 bits per heavy atom. The van der Waals surface area contributed by atoms with E-state index >= 15 is 0 Å². The maximum atomic E-state index is 12.9. The van der Waals surface area contributed by atoms with Gasteiger partial charge in [0.15, 0.2) is 5.78 Å². The average Bonchev–Trinajstić information content (AvgIpc) is 2.67. The third kappa shape index (κ3) is 5.65. The van der Waals surface area contributed by atoms with E-state index in [-0.39, 0.29) is 11.8 Å². The second-order valence-electron chi connectivity index (χ2n) is 6.76. The topological polar surface area (TPSA) is 40.5 Å². The van der Waals surface area contributed by atoms with Gasteiger partial charge < -0.3 is 5.11 Å². The van der Waals surface area contributed by atoms with Gasteiger partial charge >= 0.3 is 0 Å². The lowest BCUT2D eigenvalue weighted by Crippen LogP contribution is -2.43. The maximum Gasteiger partial charge on any atom is 0.155 e. The highest BCUT2D eigenvalue weighted by atomic mass is 16.3. The van der Waals surface area contributed by atoms with E-state index in [2.05, 4.69) is 29.2 Å². The van der Waals surface area contributed by atoms with Gasteiger partial charge in [0.1, 0.15) is 0 Å². The third-order valence-corrected chi connectivity index (χ3v) is 4.77. The number of rotatable bonds is 9. The summed E-state index contributed by atoms with van der Waals surface area (Å²) in [5, 5.41) is 10.2. The first-order valence-electron chi connectivity index (χ1n) is 9.19. The molecule has 0 saturated heterocycles. The first-order chi connectivity index (χ1) is 12.5. The molecule has 1 N–H and O–H groups in total. The van der Waals surface area contributed by atoms with E-state index in [1.165, 1.54) is 11.1 Å². The van der Waals surface area contributed by atoms with E-state index in [9.17, 15) is 9.90 Å². The minimum absolute atomic E-state index is 0.0578. The van der Waals surface area contributed by atoms with Gasteiger partial charge in [-0.05, 0) is 25.0 Å². The smallest absolute Gasteiger partial charge is 0.155 e. The van der Waals surface area contributed by atoms with Crippen LogP contribution in [-0.2, 0) is 17.9 Å². The zero-order valence-corrected chi connectivity index (χ0v) is 15.9. The zero-order chi connectivity index (χ0) is 18.9. The largest absolute Gasteiger partial charge is 0.388 e. The molecule has 0 fully saturated rings. The summed E-state index contributed by atoms with van der Waals surface area (Å²) in [7, 11) is 0. The number of hydrogen-bond acceptors (Lipinski definition) is 3. The molecule has 0 aliphatic heterocycles. The molecule has 0 aliphatic carbocycles. The van der Waals surface area contributed by atoms with Crippen LogP contribution in [0.1, 0.15) is 31.9 Å². The summed E-state index contributed by atoms with van der Waals surface area (Å²) in [6, 6.07) is 20.1. The van der Waals surface area contributed by atoms with E-state index < -0.39 is 12.0 Å². The highest BCUT2D eigenvalue weighted by molar-refractivity contribution is 5.86. The van der Waals surface area contributed by atoms with Gasteiger partial charge in [-0.25, -0.2) is 0 Å². The Kier molecular flexibility index (Phi) is 7.76. The highest BCUT2D eigenvalue weighted by Crippen LogP contribution is 2.18. The second-order valence-corrected chi connectivity index (χ2v) is 6.76. The van der Waals surface area contributed by atoms with Crippen molar-refractivity contribution in [2.24, 2.45) is 5.92 Å². The number of nitrogens with zero attached hydrogens (tertiary/aromatic N) is 1. The molecule has 2 aromatic carbocycles. The van der Waals surface area contributed by atoms with Crippen molar-refractivity contribution in [1.82, 2.24) is 4.90 Å². The van der Waals surface area contributed by atoms with Crippen LogP contribution in [-0.4, -0.2) is 27.9 Å². The van der Waals surface area contributed by atoms with E-state index in [0.717, 1.165) is 0 Å². The van der Waals surface area contributed by atoms with Crippen molar-refractivity contribution in [1.29, 1.82) is 0 Å². The summed E-state index contributed by atoms with van der Waals surface area (Å²) in [4.78, 5) is 15.1. The molecule has 0 aromatic heterocycles. The minimum atomic E-state index is -0.745. The second kappa shape index (κ2) is 10.0. The van der Waals surface area contributed by atoms with E-state index in [1.807, 2.05) is 50.2 Å². The molecule has 138 valence electrons. The monoisotopic (exact) mass is 351 g/mol. The van der Waals surface area contributed by atoms with Crippen molar-refractivity contribution in [3.8, 4) is 0 Å². The molecule has 3 heteroatoms. The Bertz CT molecular complexity index is 655. The predicted octanol–water partition coefficient (Wildman–Crippen LogP) is 4.22. The van der Waals surface area contributed by atoms with Crippen LogP contribution >= 0.6 is 0 Å². The van der Waals surface area contributed by atoms with Crippen molar-refractivity contribution in [2.45, 2.75) is 46.0 Å². The van der Waals surface area contributed by atoms with Gasteiger partial charge in [-0.3, -0.25) is 9.69 Å². The number of Topliss-reactive ketones (excluding diaryl/α,β-unsaturated/α-hetero) is 1. The van der Waals surface area contributed by atoms with Crippen LogP contribution in [0.3, 0.4) is 0 Å². The molecule has 2 rings (SSSR count). The summed E-state index contributed by atoms with van der Waals surface area (Å²) in [6.45, 7) is 6.96. The Labute approximate surface area is 157 Å². The first-order valence-corrected chi connectivity index (χ1v) is 9.19. The molecule has 0 spiro atoms. The van der Waals surface area contributed by atoms with Gasteiger partial charge in [0, 0.05) is 19.0 Å². The fourth-order valence-corrected chi connectivity index (χ4v) is 3.06. The third-order valence-electron chi connectivity index (χ3n) is 4.77. The molecule has 0 bridgehead atoms. The van der Waals surface area contributed by atoms with Gasteiger partial charge in [0.2, 0.25) is 0 Å². The lowest BCUT2D eigenvalue weighted by molar-refractivity contribution is -0.130. The van der Waals surface area contributed by atoms with E-state index in [4.69, 9.17) is 0 Å². The van der Waals surface area contributed by atoms with Crippen molar-refractivity contribution in [3.63, 3.8) is 0 Å². The molecular formula is C23H29NO2. The molecule has 0 radical (unpaired) electrons. The predicted molar refractivity (Wildman–Crippen MR) is 107 cm³/mol. The Morgan fingerprint density at radius 3 is 1.85 bits per heavy atom. The van der Waals surface area contributed by atoms with Crippen LogP contribution in [0.15, 0.2) is 72.8 Å². The SMILES string of the molecule is C/C=C/[C@H](O)[C@H](C)C(=O)[C@H](C)N(Cc1ccccc1)Cc1ccccc1. The summed E-state index contributed by atoms with van der Waals surface area (Å²) >= 11 is 0. The molecule has 0 amide bonds. The molecule has 0 saturated carbocycles. The number of hydrogen-bond donors (Lipinski definition) is 1. The summed E-state index contributed by atoms with van der Waals surface area (Å²) in [5.41, 5.74) is 2.34. The number of ketones is 1. The molecule has 26 heavy (non-hydrogen) atoms. The zero-order valence-electron chi connectivity index (χ0n) is 15.9. The number of allylic oxidation sites excluding steroid dienone is 1. The summed E-state index contributed by atoms with van der Waals surface area (Å²) < 4.78 is 0. The molecule has 0 aliphatic rings. The van der Waals surface area contributed by atoms with Crippen molar-refractivity contribution >= 4 is 5.78 Å². The molecule has 3 atom stereocenters. The number of aliphatic hydroxyl groups is 1. The number of carbonyl (C=O) groups is 1. The fraction of sp³-hybridized carbons (Fsp3) is 0.348. The lowest BCUT2D eigenvalue weighted by atomic mass is 9.93. The van der Waals surface area contributed by atoms with Crippen LogP contribution in [0.2, 0.25) is 0 Å². The molecular weight excluding hydrogens is 322 g/mol. The van der Waals surface area contributed by atoms with E-state index in [1.54, 1.807) is 19.1 Å². The normalized spacial score (nSPS) is 15.1. The van der Waals surface area contributed by atoms with Gasteiger partial charge in [-0.1, -0.05) is 79.7 Å². The molecule has 3 nitrogen and oxygen atoms in total. The van der Waals surface area contributed by atoms with E-state index in [0.29, 0.717) is 13.1 Å². The Balaban J connectivity index is 2.19. The standard InChI is InChI=1S/C23H29NO2/c1-4-11-22(25)18(2)23(26)19(3)24(16-20-12-7-5-8-13-20)17-21-14-9-6-10-15-21/h4-15,18-19,22,25H,16-17H2,1-3H3/b11-4+/t18-,19-,22-/m0/s1. The minimum Gasteiger partial charge on any atom is -0.388 e. The average molecular weight is 351 g/mol. The van der Waals surface area contributed by atoms with Crippen molar-refractivity contribution in [2.75, 3.05) is 0 Å². The first kappa shape index (κ1) is 20.1. The van der Waals surface area contributed by atoms with Gasteiger partial charge in [0.25, 0.3) is 0 Å². The fourth-order valence-electron chi connectivity index (χ4n) is 3.06. The highest BCUT2D eigenvalue weighted by Gasteiger charge is 2.29. The van der Waals surface area contributed by atoms with Gasteiger partial charge in [-0.2, -0.15) is 0 Å². The molecule has 0 heterocycles. The number of benzene rings is 2. The van der Waals surface area contributed by atoms with Crippen LogP contribution in [0.4, 0.5) is 0 Å². The van der Waals surface area contributed by atoms with Gasteiger partial charge in [-0.15, -0.1) is 0 Å². The summed E-state index contributed by atoms with van der Waals surface area (Å²) in [6.07, 6.45) is 2.71. The van der Waals surface area contributed by atoms with Crippen LogP contribution in [0.25, 0.3) is 0 Å². The Morgan fingerprint density at radius 2 is 1.42 bits per heavy atom. The van der Waals surface area contributed by atoms with Crippen molar-refractivity contribution < 1.29 is 9.90 Å². The maximum absolute atomic E-state index is 12.9. The molecule has 2 aromatic rings. The number of aliphatic hydroxyl groups excluding tert-OH is 1. The summed E-state index contributed by atoms with van der Waals surface area (Å²) in [5.74, 6) is -0.377. The van der Waals surface area contributed by atoms with Crippen LogP contribution in [0, 0.1) is 5.92 Å². The lowest BCUT2D eigenvalue weighted by Gasteiger charge is -2.31. The number of carbonyl (C=O) groups excluding carboxylic acids is 1. The van der Waals surface area contributed by atoms with Crippen LogP contribution < -0.4 is 0 Å². The molecule has 0 unspecified atom stereocenters. The quantitative estimate of drug-likeness (QED) is 0.688.